The van der Waals surface area contributed by atoms with Gasteiger partial charge in [-0.1, -0.05) is 48.5 Å². The summed E-state index contributed by atoms with van der Waals surface area (Å²) in [7, 11) is 0. The predicted molar refractivity (Wildman–Crippen MR) is 142 cm³/mol. The fourth-order valence-corrected chi connectivity index (χ4v) is 7.16. The molecular formula is C26H16Br4O2. The second-order valence-electron chi connectivity index (χ2n) is 7.82. The molecule has 4 aromatic carbocycles. The summed E-state index contributed by atoms with van der Waals surface area (Å²) in [6.07, 6.45) is 0.842. The van der Waals surface area contributed by atoms with Gasteiger partial charge in [0, 0.05) is 0 Å². The molecule has 5 rings (SSSR count). The fraction of sp³-hybridized carbons (Fsp3) is 0.0769. The van der Waals surface area contributed by atoms with Gasteiger partial charge in [-0.2, -0.15) is 0 Å². The predicted octanol–water partition coefficient (Wildman–Crippen LogP) is 8.43. The van der Waals surface area contributed by atoms with Crippen molar-refractivity contribution in [1.29, 1.82) is 0 Å². The number of phenolic OH excluding ortho intramolecular Hbond substituents is 2. The standard InChI is InChI=1S/C26H16Br4O2/c27-20-10-16(11-21(28)24(20)31)26(17-12-22(29)25(32)23(30)13-17)18-7-3-1-5-14(18)9-15-6-2-4-8-19(15)26/h1-8,10-13,31-32H,9H2. The fourth-order valence-electron chi connectivity index (χ4n) is 4.78. The van der Waals surface area contributed by atoms with E-state index in [0.29, 0.717) is 17.9 Å². The molecule has 0 amide bonds. The van der Waals surface area contributed by atoms with Gasteiger partial charge in [0.1, 0.15) is 11.5 Å². The molecule has 0 radical (unpaired) electrons. The van der Waals surface area contributed by atoms with Gasteiger partial charge >= 0.3 is 0 Å². The maximum atomic E-state index is 10.5. The Morgan fingerprint density at radius 3 is 1.28 bits per heavy atom. The van der Waals surface area contributed by atoms with Crippen LogP contribution in [0.5, 0.6) is 11.5 Å². The summed E-state index contributed by atoms with van der Waals surface area (Å²) in [6, 6.07) is 24.9. The summed E-state index contributed by atoms with van der Waals surface area (Å²) in [5, 5.41) is 20.9. The largest absolute Gasteiger partial charge is 0.506 e. The molecule has 4 aromatic rings. The highest BCUT2D eigenvalue weighted by atomic mass is 79.9. The average Bonchev–Trinajstić information content (AvgIpc) is 2.78. The molecule has 1 aliphatic carbocycles. The van der Waals surface area contributed by atoms with Crippen LogP contribution < -0.4 is 0 Å². The summed E-state index contributed by atoms with van der Waals surface area (Å²) in [5.41, 5.74) is 6.17. The first-order chi connectivity index (χ1) is 15.3. The smallest absolute Gasteiger partial charge is 0.143 e. The molecule has 0 saturated heterocycles. The molecule has 2 nitrogen and oxygen atoms in total. The molecule has 0 aliphatic heterocycles. The van der Waals surface area contributed by atoms with Gasteiger partial charge in [-0.15, -0.1) is 0 Å². The molecular weight excluding hydrogens is 664 g/mol. The van der Waals surface area contributed by atoms with Crippen molar-refractivity contribution in [3.63, 3.8) is 0 Å². The number of halogens is 4. The molecule has 0 spiro atoms. The van der Waals surface area contributed by atoms with Gasteiger partial charge in [0.05, 0.1) is 23.3 Å². The van der Waals surface area contributed by atoms with Crippen molar-refractivity contribution in [3.8, 4) is 11.5 Å². The van der Waals surface area contributed by atoms with Crippen molar-refractivity contribution in [1.82, 2.24) is 0 Å². The number of hydrogen-bond donors (Lipinski definition) is 2. The van der Waals surface area contributed by atoms with Gasteiger partial charge < -0.3 is 10.2 Å². The van der Waals surface area contributed by atoms with Crippen LogP contribution in [0.1, 0.15) is 33.4 Å². The van der Waals surface area contributed by atoms with Crippen LogP contribution in [-0.2, 0) is 11.8 Å². The van der Waals surface area contributed by atoms with Crippen LogP contribution in [0.3, 0.4) is 0 Å². The maximum Gasteiger partial charge on any atom is 0.143 e. The van der Waals surface area contributed by atoms with Gasteiger partial charge in [-0.25, -0.2) is 0 Å². The Morgan fingerprint density at radius 2 is 0.906 bits per heavy atom. The van der Waals surface area contributed by atoms with Crippen molar-refractivity contribution in [2.75, 3.05) is 0 Å². The third-order valence-corrected chi connectivity index (χ3v) is 8.54. The molecule has 0 bridgehead atoms. The van der Waals surface area contributed by atoms with E-state index in [2.05, 4.69) is 112 Å². The first kappa shape index (κ1) is 22.2. The van der Waals surface area contributed by atoms with E-state index in [1.165, 1.54) is 22.3 Å². The molecule has 0 unspecified atom stereocenters. The zero-order chi connectivity index (χ0) is 22.6. The first-order valence-corrected chi connectivity index (χ1v) is 13.0. The van der Waals surface area contributed by atoms with Gasteiger partial charge in [-0.3, -0.25) is 0 Å². The molecule has 160 valence electrons. The maximum absolute atomic E-state index is 10.5. The zero-order valence-corrected chi connectivity index (χ0v) is 22.9. The minimum Gasteiger partial charge on any atom is -0.506 e. The van der Waals surface area contributed by atoms with E-state index in [-0.39, 0.29) is 11.5 Å². The van der Waals surface area contributed by atoms with Gasteiger partial charge in [0.2, 0.25) is 0 Å². The Kier molecular flexibility index (Phi) is 5.77. The quantitative estimate of drug-likeness (QED) is 0.197. The molecule has 1 aliphatic rings. The van der Waals surface area contributed by atoms with Crippen LogP contribution in [-0.4, -0.2) is 10.2 Å². The highest BCUT2D eigenvalue weighted by Crippen LogP contribution is 2.54. The van der Waals surface area contributed by atoms with Crippen LogP contribution in [0.2, 0.25) is 0 Å². The summed E-state index contributed by atoms with van der Waals surface area (Å²) < 4.78 is 2.44. The summed E-state index contributed by atoms with van der Waals surface area (Å²) >= 11 is 14.2. The first-order valence-electron chi connectivity index (χ1n) is 9.87. The van der Waals surface area contributed by atoms with E-state index in [1.807, 2.05) is 24.3 Å². The normalized spacial score (nSPS) is 14.0. The zero-order valence-electron chi connectivity index (χ0n) is 16.5. The number of phenols is 2. The Hall–Kier alpha value is -1.60. The number of rotatable bonds is 2. The number of hydrogen-bond acceptors (Lipinski definition) is 2. The second kappa shape index (κ2) is 8.32. The Balaban J connectivity index is 2.01. The van der Waals surface area contributed by atoms with Crippen LogP contribution in [0.4, 0.5) is 0 Å². The molecule has 0 fully saturated rings. The average molecular weight is 680 g/mol. The lowest BCUT2D eigenvalue weighted by atomic mass is 9.60. The summed E-state index contributed by atoms with van der Waals surface area (Å²) in [4.78, 5) is 0. The Labute approximate surface area is 219 Å². The van der Waals surface area contributed by atoms with Crippen molar-refractivity contribution >= 4 is 63.7 Å². The van der Waals surface area contributed by atoms with E-state index in [9.17, 15) is 10.2 Å². The van der Waals surface area contributed by atoms with Gasteiger partial charge in [-0.05, 0) is 128 Å². The van der Waals surface area contributed by atoms with E-state index in [0.717, 1.165) is 17.5 Å². The Bertz CT molecular complexity index is 1230. The monoisotopic (exact) mass is 676 g/mol. The van der Waals surface area contributed by atoms with Crippen molar-refractivity contribution in [2.24, 2.45) is 0 Å². The topological polar surface area (TPSA) is 40.5 Å². The van der Waals surface area contributed by atoms with Gasteiger partial charge in [0.25, 0.3) is 0 Å². The lowest BCUT2D eigenvalue weighted by Crippen LogP contribution is -2.36. The lowest BCUT2D eigenvalue weighted by Gasteiger charge is -2.42. The molecule has 0 atom stereocenters. The number of fused-ring (bicyclic) bond motifs is 2. The molecule has 0 aromatic heterocycles. The summed E-state index contributed by atoms with van der Waals surface area (Å²) in [5.74, 6) is 0.323. The van der Waals surface area contributed by atoms with Crippen molar-refractivity contribution in [3.05, 3.63) is 124 Å². The third kappa shape index (κ3) is 3.30. The highest BCUT2D eigenvalue weighted by molar-refractivity contribution is 9.11. The SMILES string of the molecule is Oc1c(Br)cc(C2(c3cc(Br)c(O)c(Br)c3)c3ccccc3Cc3ccccc32)cc1Br. The third-order valence-electron chi connectivity index (χ3n) is 6.12. The molecule has 6 heteroatoms. The molecule has 32 heavy (non-hydrogen) atoms. The number of benzene rings is 4. The molecule has 0 heterocycles. The van der Waals surface area contributed by atoms with E-state index >= 15 is 0 Å². The minimum absolute atomic E-state index is 0.161. The van der Waals surface area contributed by atoms with Crippen LogP contribution in [0.15, 0.2) is 90.7 Å². The Morgan fingerprint density at radius 1 is 0.562 bits per heavy atom. The van der Waals surface area contributed by atoms with E-state index in [4.69, 9.17) is 0 Å². The van der Waals surface area contributed by atoms with E-state index in [1.54, 1.807) is 0 Å². The number of aromatic hydroxyl groups is 2. The lowest BCUT2D eigenvalue weighted by molar-refractivity contribution is 0.467. The van der Waals surface area contributed by atoms with Crippen molar-refractivity contribution < 1.29 is 10.2 Å². The van der Waals surface area contributed by atoms with Gasteiger partial charge in [0.15, 0.2) is 0 Å². The minimum atomic E-state index is -0.664. The van der Waals surface area contributed by atoms with Crippen LogP contribution >= 0.6 is 63.7 Å². The van der Waals surface area contributed by atoms with Crippen LogP contribution in [0, 0.1) is 0 Å². The van der Waals surface area contributed by atoms with E-state index < -0.39 is 5.41 Å². The van der Waals surface area contributed by atoms with Crippen molar-refractivity contribution in [2.45, 2.75) is 11.8 Å². The van der Waals surface area contributed by atoms with Crippen LogP contribution in [0.25, 0.3) is 0 Å². The second-order valence-corrected chi connectivity index (χ2v) is 11.2. The molecule has 0 saturated carbocycles. The molecule has 2 N–H and O–H groups in total. The summed E-state index contributed by atoms with van der Waals surface area (Å²) in [6.45, 7) is 0. The highest BCUT2D eigenvalue weighted by Gasteiger charge is 2.44.